The lowest BCUT2D eigenvalue weighted by Crippen LogP contribution is -2.25. The van der Waals surface area contributed by atoms with E-state index in [0.29, 0.717) is 5.29 Å². The van der Waals surface area contributed by atoms with Gasteiger partial charge in [-0.05, 0) is 34.2 Å². The van der Waals surface area contributed by atoms with E-state index in [1.807, 2.05) is 3.11 Å². The quantitative estimate of drug-likeness (QED) is 0.354. The van der Waals surface area contributed by atoms with Crippen LogP contribution in [0, 0.1) is 0 Å². The number of hydrogen-bond acceptors (Lipinski definition) is 4. The molecule has 0 aromatic rings. The largest absolute Gasteiger partial charge is 0.226 e. The first-order chi connectivity index (χ1) is 5.29. The first kappa shape index (κ1) is 8.05. The maximum absolute atomic E-state index is 5.80. The van der Waals surface area contributed by atoms with Gasteiger partial charge < -0.3 is 0 Å². The van der Waals surface area contributed by atoms with Gasteiger partial charge in [0.1, 0.15) is 0 Å². The summed E-state index contributed by atoms with van der Waals surface area (Å²) < 4.78 is 6.80. The first-order valence-electron chi connectivity index (χ1n) is 2.61. The second-order valence-corrected chi connectivity index (χ2v) is 5.06. The summed E-state index contributed by atoms with van der Waals surface area (Å²) in [5.74, 6) is 0.846. The Morgan fingerprint density at radius 2 is 2.45 bits per heavy atom. The van der Waals surface area contributed by atoms with Crippen LogP contribution in [0.1, 0.15) is 0 Å². The van der Waals surface area contributed by atoms with Crippen molar-refractivity contribution in [1.82, 2.24) is 3.11 Å². The fourth-order valence-electron chi connectivity index (χ4n) is 0.640. The Labute approximate surface area is 92.0 Å². The minimum absolute atomic E-state index is 0.440. The summed E-state index contributed by atoms with van der Waals surface area (Å²) in [5.41, 5.74) is 0. The predicted octanol–water partition coefficient (Wildman–Crippen LogP) is 2.57. The Bertz CT molecular complexity index is 318. The molecule has 0 radical (unpaired) electrons. The van der Waals surface area contributed by atoms with Gasteiger partial charge in [-0.1, -0.05) is 0 Å². The van der Waals surface area contributed by atoms with Crippen LogP contribution in [0.5, 0.6) is 0 Å². The summed E-state index contributed by atoms with van der Waals surface area (Å²) in [6.07, 6.45) is 1.70. The monoisotopic (exact) mass is 394 g/mol. The first-order valence-corrected chi connectivity index (χ1v) is 5.99. The number of hydrogen-bond donors (Lipinski definition) is 0. The molecule has 0 unspecified atom stereocenters. The van der Waals surface area contributed by atoms with Crippen molar-refractivity contribution in [3.8, 4) is 0 Å². The number of amidine groups is 2. The van der Waals surface area contributed by atoms with Crippen molar-refractivity contribution in [2.75, 3.05) is 0 Å². The van der Waals surface area contributed by atoms with E-state index < -0.39 is 21.3 Å². The third-order valence-electron chi connectivity index (χ3n) is 1.09. The number of nitrogens with zero attached hydrogens (tertiary/aromatic N) is 4. The van der Waals surface area contributed by atoms with Gasteiger partial charge in [-0.2, -0.15) is 0 Å². The molecular formula is C4HClI2N4. The molecule has 11 heavy (non-hydrogen) atoms. The highest BCUT2D eigenvalue weighted by molar-refractivity contribution is 14.1. The van der Waals surface area contributed by atoms with Crippen molar-refractivity contribution < 1.29 is 0 Å². The second-order valence-electron chi connectivity index (χ2n) is 1.73. The highest BCUT2D eigenvalue weighted by Gasteiger charge is 2.24. The van der Waals surface area contributed by atoms with E-state index in [1.165, 1.54) is 0 Å². The van der Waals surface area contributed by atoms with Gasteiger partial charge in [0.05, 0.1) is 3.58 Å². The van der Waals surface area contributed by atoms with Crippen LogP contribution in [-0.2, 0) is 0 Å². The third-order valence-corrected chi connectivity index (χ3v) is 4.15. The molecule has 0 saturated carbocycles. The SMILES string of the molecule is ClC1=NC=C(I)C2=NN=IN12. The normalized spacial score (nSPS) is 21.6. The summed E-state index contributed by atoms with van der Waals surface area (Å²) in [5, 5.41) is 4.45. The van der Waals surface area contributed by atoms with Crippen LogP contribution in [-0.4, -0.2) is 14.2 Å². The summed E-state index contributed by atoms with van der Waals surface area (Å²) in [6, 6.07) is 0. The van der Waals surface area contributed by atoms with Crippen molar-refractivity contribution in [2.24, 2.45) is 13.3 Å². The minimum atomic E-state index is -0.440. The molecular weight excluding hydrogens is 393 g/mol. The van der Waals surface area contributed by atoms with Gasteiger partial charge in [0.15, 0.2) is 27.1 Å². The summed E-state index contributed by atoms with van der Waals surface area (Å²) in [4.78, 5) is 3.98. The van der Waals surface area contributed by atoms with E-state index in [-0.39, 0.29) is 0 Å². The number of rotatable bonds is 0. The third kappa shape index (κ3) is 1.35. The molecule has 58 valence electrons. The molecule has 2 aliphatic heterocycles. The summed E-state index contributed by atoms with van der Waals surface area (Å²) in [7, 11) is 0. The Morgan fingerprint density at radius 3 is 3.18 bits per heavy atom. The number of aliphatic imine (C=N–C) groups is 1. The van der Waals surface area contributed by atoms with Gasteiger partial charge in [-0.25, -0.2) is 8.11 Å². The molecule has 0 bridgehead atoms. The van der Waals surface area contributed by atoms with E-state index in [9.17, 15) is 0 Å². The van der Waals surface area contributed by atoms with Crippen LogP contribution in [0.3, 0.4) is 0 Å². The smallest absolute Gasteiger partial charge is 0.214 e. The average Bonchev–Trinajstić information content (AvgIpc) is 2.45. The molecule has 0 spiro atoms. The topological polar surface area (TPSA) is 40.3 Å². The molecule has 0 saturated heterocycles. The van der Waals surface area contributed by atoms with Gasteiger partial charge in [0.25, 0.3) is 0 Å². The molecule has 4 nitrogen and oxygen atoms in total. The van der Waals surface area contributed by atoms with Gasteiger partial charge >= 0.3 is 0 Å². The Balaban J connectivity index is 2.48. The fraction of sp³-hybridized carbons (Fsp3) is 0. The zero-order chi connectivity index (χ0) is 7.84. The predicted molar refractivity (Wildman–Crippen MR) is 61.1 cm³/mol. The zero-order valence-corrected chi connectivity index (χ0v) is 10.1. The average molecular weight is 394 g/mol. The summed E-state index contributed by atoms with van der Waals surface area (Å²) in [6.45, 7) is 0. The highest BCUT2D eigenvalue weighted by Crippen LogP contribution is 2.30. The lowest BCUT2D eigenvalue weighted by molar-refractivity contribution is 1.07. The van der Waals surface area contributed by atoms with Crippen molar-refractivity contribution in [3.05, 3.63) is 9.78 Å². The zero-order valence-electron chi connectivity index (χ0n) is 5.00. The maximum Gasteiger partial charge on any atom is 0.214 e. The Kier molecular flexibility index (Phi) is 2.23. The molecule has 2 rings (SSSR count). The molecule has 0 aromatic heterocycles. The highest BCUT2D eigenvalue weighted by atomic mass is 127. The van der Waals surface area contributed by atoms with Crippen LogP contribution in [0.15, 0.2) is 23.1 Å². The lowest BCUT2D eigenvalue weighted by Gasteiger charge is -2.14. The maximum atomic E-state index is 5.80. The number of halogens is 3. The van der Waals surface area contributed by atoms with Crippen molar-refractivity contribution in [3.63, 3.8) is 0 Å². The molecule has 0 fully saturated rings. The van der Waals surface area contributed by atoms with Crippen LogP contribution in [0.25, 0.3) is 0 Å². The molecule has 0 aromatic carbocycles. The van der Waals surface area contributed by atoms with Gasteiger partial charge in [-0.3, -0.25) is 0 Å². The van der Waals surface area contributed by atoms with Crippen molar-refractivity contribution in [2.45, 2.75) is 0 Å². The van der Waals surface area contributed by atoms with E-state index in [0.717, 1.165) is 9.42 Å². The van der Waals surface area contributed by atoms with Crippen LogP contribution >= 0.6 is 55.5 Å². The van der Waals surface area contributed by atoms with Gasteiger partial charge in [0, 0.05) is 6.20 Å². The Morgan fingerprint density at radius 1 is 1.64 bits per heavy atom. The van der Waals surface area contributed by atoms with Crippen molar-refractivity contribution >= 4 is 66.6 Å². The molecule has 2 heterocycles. The molecule has 7 heteroatoms. The fourth-order valence-corrected chi connectivity index (χ4v) is 3.27. The van der Waals surface area contributed by atoms with Crippen molar-refractivity contribution in [1.29, 1.82) is 0 Å². The van der Waals surface area contributed by atoms with Crippen LogP contribution in [0.2, 0.25) is 0 Å². The Hall–Kier alpha value is 0.430. The molecule has 0 amide bonds. The lowest BCUT2D eigenvalue weighted by atomic mass is 10.5. The standard InChI is InChI=1S/C4HClI2N4/c5-4-8-1-2(6)3-9-10-7-11(3)4/h1H. The van der Waals surface area contributed by atoms with E-state index in [4.69, 9.17) is 11.6 Å². The van der Waals surface area contributed by atoms with Gasteiger partial charge in [0.2, 0.25) is 5.29 Å². The van der Waals surface area contributed by atoms with E-state index in [2.05, 4.69) is 35.9 Å². The minimum Gasteiger partial charge on any atom is -0.226 e. The molecule has 0 atom stereocenters. The molecule has 0 aliphatic carbocycles. The number of fused-ring (bicyclic) bond motifs is 1. The van der Waals surface area contributed by atoms with Gasteiger partial charge in [-0.15, -0.1) is 8.36 Å². The van der Waals surface area contributed by atoms with Crippen LogP contribution in [0.4, 0.5) is 0 Å². The molecule has 0 N–H and O–H groups in total. The van der Waals surface area contributed by atoms with Crippen LogP contribution < -0.4 is 0 Å². The summed E-state index contributed by atoms with van der Waals surface area (Å²) >= 11 is 7.52. The van der Waals surface area contributed by atoms with E-state index >= 15 is 0 Å². The van der Waals surface area contributed by atoms with E-state index in [1.54, 1.807) is 6.20 Å². The second kappa shape index (κ2) is 3.05. The molecule has 2 aliphatic rings.